The Morgan fingerprint density at radius 3 is 2.53 bits per heavy atom. The summed E-state index contributed by atoms with van der Waals surface area (Å²) in [5, 5.41) is 9.22. The van der Waals surface area contributed by atoms with Gasteiger partial charge >= 0.3 is 0 Å². The lowest BCUT2D eigenvalue weighted by atomic mass is 9.85. The number of rotatable bonds is 2. The zero-order valence-electron chi connectivity index (χ0n) is 9.24. The summed E-state index contributed by atoms with van der Waals surface area (Å²) in [7, 11) is 0. The molecule has 1 unspecified atom stereocenters. The first-order chi connectivity index (χ1) is 7.29. The fourth-order valence-corrected chi connectivity index (χ4v) is 2.20. The van der Waals surface area contributed by atoms with E-state index < -0.39 is 0 Å². The molecule has 1 heteroatoms. The molecule has 0 saturated heterocycles. The standard InChI is InChI=1S/C14H18O/c1-2-11-3-5-12(6-4-11)13-7-9-14(15)10-8-13/h5,7-11,15H,2-4,6H2,1H3. The van der Waals surface area contributed by atoms with Gasteiger partial charge in [0.25, 0.3) is 0 Å². The Bertz CT molecular complexity index is 348. The van der Waals surface area contributed by atoms with Crippen molar-refractivity contribution in [2.45, 2.75) is 32.6 Å². The van der Waals surface area contributed by atoms with Crippen LogP contribution >= 0.6 is 0 Å². The normalized spacial score (nSPS) is 21.1. The third kappa shape index (κ3) is 2.41. The van der Waals surface area contributed by atoms with Crippen LogP contribution in [0.3, 0.4) is 0 Å². The number of phenolic OH excluding ortho intramolecular Hbond substituents is 1. The highest BCUT2D eigenvalue weighted by molar-refractivity contribution is 5.66. The summed E-state index contributed by atoms with van der Waals surface area (Å²) in [5.74, 6) is 1.23. The molecule has 0 fully saturated rings. The first-order valence-corrected chi connectivity index (χ1v) is 5.78. The first-order valence-electron chi connectivity index (χ1n) is 5.78. The SMILES string of the molecule is CCC1CC=C(c2ccc(O)cc2)CC1. The number of aromatic hydroxyl groups is 1. The van der Waals surface area contributed by atoms with Crippen LogP contribution in [0.4, 0.5) is 0 Å². The molecule has 0 bridgehead atoms. The second kappa shape index (κ2) is 4.52. The van der Waals surface area contributed by atoms with Gasteiger partial charge < -0.3 is 5.11 Å². The van der Waals surface area contributed by atoms with Gasteiger partial charge in [-0.25, -0.2) is 0 Å². The quantitative estimate of drug-likeness (QED) is 0.769. The molecule has 0 spiro atoms. The lowest BCUT2D eigenvalue weighted by molar-refractivity contribution is 0.470. The fourth-order valence-electron chi connectivity index (χ4n) is 2.20. The van der Waals surface area contributed by atoms with Gasteiger partial charge in [-0.15, -0.1) is 0 Å². The molecule has 1 aromatic carbocycles. The van der Waals surface area contributed by atoms with Crippen LogP contribution < -0.4 is 0 Å². The Morgan fingerprint density at radius 1 is 1.27 bits per heavy atom. The molecular formula is C14H18O. The molecule has 80 valence electrons. The predicted octanol–water partition coefficient (Wildman–Crippen LogP) is 3.99. The van der Waals surface area contributed by atoms with E-state index in [4.69, 9.17) is 0 Å². The molecule has 0 aromatic heterocycles. The minimum absolute atomic E-state index is 0.349. The van der Waals surface area contributed by atoms with Crippen LogP contribution in [-0.4, -0.2) is 5.11 Å². The molecular weight excluding hydrogens is 184 g/mol. The maximum absolute atomic E-state index is 9.22. The van der Waals surface area contributed by atoms with Crippen LogP contribution in [0.15, 0.2) is 30.3 Å². The summed E-state index contributed by atoms with van der Waals surface area (Å²) in [5.41, 5.74) is 2.71. The summed E-state index contributed by atoms with van der Waals surface area (Å²) in [6.07, 6.45) is 7.36. The van der Waals surface area contributed by atoms with Gasteiger partial charge in [0.05, 0.1) is 0 Å². The minimum Gasteiger partial charge on any atom is -0.508 e. The number of hydrogen-bond donors (Lipinski definition) is 1. The Morgan fingerprint density at radius 2 is 2.00 bits per heavy atom. The van der Waals surface area contributed by atoms with Crippen molar-refractivity contribution in [2.24, 2.45) is 5.92 Å². The number of benzene rings is 1. The molecule has 1 aliphatic rings. The van der Waals surface area contributed by atoms with Gasteiger partial charge in [0.2, 0.25) is 0 Å². The Kier molecular flexibility index (Phi) is 3.10. The van der Waals surface area contributed by atoms with E-state index in [2.05, 4.69) is 13.0 Å². The van der Waals surface area contributed by atoms with Crippen molar-refractivity contribution in [3.8, 4) is 5.75 Å². The molecule has 1 N–H and O–H groups in total. The van der Waals surface area contributed by atoms with Crippen LogP contribution in [-0.2, 0) is 0 Å². The van der Waals surface area contributed by atoms with E-state index in [9.17, 15) is 5.11 Å². The Hall–Kier alpha value is -1.24. The number of hydrogen-bond acceptors (Lipinski definition) is 1. The highest BCUT2D eigenvalue weighted by Gasteiger charge is 2.13. The Labute approximate surface area is 91.4 Å². The largest absolute Gasteiger partial charge is 0.508 e. The average molecular weight is 202 g/mol. The molecule has 1 aliphatic carbocycles. The maximum atomic E-state index is 9.22. The second-order valence-corrected chi connectivity index (χ2v) is 4.32. The van der Waals surface area contributed by atoms with E-state index >= 15 is 0 Å². The first kappa shape index (κ1) is 10.3. The summed E-state index contributed by atoms with van der Waals surface area (Å²) < 4.78 is 0. The molecule has 1 atom stereocenters. The van der Waals surface area contributed by atoms with Crippen molar-refractivity contribution in [1.82, 2.24) is 0 Å². The Balaban J connectivity index is 2.12. The van der Waals surface area contributed by atoms with E-state index in [1.807, 2.05) is 12.1 Å². The molecule has 0 heterocycles. The predicted molar refractivity (Wildman–Crippen MR) is 63.7 cm³/mol. The molecule has 15 heavy (non-hydrogen) atoms. The van der Waals surface area contributed by atoms with Gasteiger partial charge in [-0.1, -0.05) is 31.6 Å². The van der Waals surface area contributed by atoms with E-state index in [0.29, 0.717) is 5.75 Å². The molecule has 1 nitrogen and oxygen atoms in total. The topological polar surface area (TPSA) is 20.2 Å². The summed E-state index contributed by atoms with van der Waals surface area (Å²) in [6.45, 7) is 2.27. The van der Waals surface area contributed by atoms with Crippen molar-refractivity contribution in [3.05, 3.63) is 35.9 Å². The molecule has 1 aromatic rings. The summed E-state index contributed by atoms with van der Waals surface area (Å²) >= 11 is 0. The highest BCUT2D eigenvalue weighted by Crippen LogP contribution is 2.31. The van der Waals surface area contributed by atoms with Crippen LogP contribution in [0.25, 0.3) is 5.57 Å². The molecule has 0 radical (unpaired) electrons. The van der Waals surface area contributed by atoms with Crippen LogP contribution in [0.5, 0.6) is 5.75 Å². The van der Waals surface area contributed by atoms with Crippen molar-refractivity contribution in [2.75, 3.05) is 0 Å². The third-order valence-electron chi connectivity index (χ3n) is 3.33. The minimum atomic E-state index is 0.349. The van der Waals surface area contributed by atoms with Gasteiger partial charge in [0.1, 0.15) is 5.75 Å². The van der Waals surface area contributed by atoms with E-state index in [0.717, 1.165) is 5.92 Å². The lowest BCUT2D eigenvalue weighted by Crippen LogP contribution is -2.03. The van der Waals surface area contributed by atoms with Crippen LogP contribution in [0, 0.1) is 5.92 Å². The van der Waals surface area contributed by atoms with E-state index in [-0.39, 0.29) is 0 Å². The summed E-state index contributed by atoms with van der Waals surface area (Å²) in [6, 6.07) is 7.55. The van der Waals surface area contributed by atoms with E-state index in [1.54, 1.807) is 12.1 Å². The zero-order chi connectivity index (χ0) is 10.7. The smallest absolute Gasteiger partial charge is 0.115 e. The molecule has 0 saturated carbocycles. The molecule has 2 rings (SSSR count). The van der Waals surface area contributed by atoms with Gasteiger partial charge in [0, 0.05) is 0 Å². The van der Waals surface area contributed by atoms with Crippen LogP contribution in [0.2, 0.25) is 0 Å². The monoisotopic (exact) mass is 202 g/mol. The van der Waals surface area contributed by atoms with Gasteiger partial charge in [-0.2, -0.15) is 0 Å². The van der Waals surface area contributed by atoms with Crippen LogP contribution in [0.1, 0.15) is 38.2 Å². The third-order valence-corrected chi connectivity index (χ3v) is 3.33. The van der Waals surface area contributed by atoms with E-state index in [1.165, 1.54) is 36.8 Å². The average Bonchev–Trinajstić information content (AvgIpc) is 2.30. The number of allylic oxidation sites excluding steroid dienone is 2. The fraction of sp³-hybridized carbons (Fsp3) is 0.429. The molecule has 0 amide bonds. The van der Waals surface area contributed by atoms with Gasteiger partial charge in [0.15, 0.2) is 0 Å². The summed E-state index contributed by atoms with van der Waals surface area (Å²) in [4.78, 5) is 0. The molecule has 0 aliphatic heterocycles. The lowest BCUT2D eigenvalue weighted by Gasteiger charge is -2.20. The van der Waals surface area contributed by atoms with Gasteiger partial charge in [-0.3, -0.25) is 0 Å². The van der Waals surface area contributed by atoms with Crippen molar-refractivity contribution in [1.29, 1.82) is 0 Å². The second-order valence-electron chi connectivity index (χ2n) is 4.32. The van der Waals surface area contributed by atoms with Crippen molar-refractivity contribution >= 4 is 5.57 Å². The van der Waals surface area contributed by atoms with Crippen molar-refractivity contribution < 1.29 is 5.11 Å². The zero-order valence-corrected chi connectivity index (χ0v) is 9.24. The van der Waals surface area contributed by atoms with Crippen molar-refractivity contribution in [3.63, 3.8) is 0 Å². The maximum Gasteiger partial charge on any atom is 0.115 e. The van der Waals surface area contributed by atoms with Gasteiger partial charge in [-0.05, 0) is 48.4 Å². The number of phenols is 1. The highest BCUT2D eigenvalue weighted by atomic mass is 16.3.